The molecule has 8 nitrogen and oxygen atoms in total. The van der Waals surface area contributed by atoms with E-state index in [0.29, 0.717) is 24.9 Å². The lowest BCUT2D eigenvalue weighted by Crippen LogP contribution is -2.34. The molecular weight excluding hydrogens is 334 g/mol. The fraction of sp³-hybridized carbons (Fsp3) is 0.556. The van der Waals surface area contributed by atoms with Gasteiger partial charge in [0.2, 0.25) is 11.7 Å². The molecule has 140 valence electrons. The van der Waals surface area contributed by atoms with Gasteiger partial charge in [0.25, 0.3) is 0 Å². The number of nitrogens with zero attached hydrogens (tertiary/aromatic N) is 4. The number of carbonyl (C=O) groups excluding carboxylic acids is 1. The second-order valence-electron chi connectivity index (χ2n) is 6.81. The number of aromatic nitrogens is 4. The normalized spacial score (nSPS) is 16.8. The molecule has 1 atom stereocenters. The number of benzene rings is 1. The molecule has 26 heavy (non-hydrogen) atoms. The highest BCUT2D eigenvalue weighted by atomic mass is 16.5. The number of rotatable bonds is 8. The molecule has 0 saturated carbocycles. The summed E-state index contributed by atoms with van der Waals surface area (Å²) in [7, 11) is 0. The maximum Gasteiger partial charge on any atom is 0.243 e. The third-order valence-electron chi connectivity index (χ3n) is 3.98. The molecule has 1 aromatic heterocycles. The van der Waals surface area contributed by atoms with Crippen LogP contribution in [0.2, 0.25) is 0 Å². The standard InChI is InChI=1S/C18H25N5O3/c1-13(2)12-26-15-7-5-14(6-8-15)18-20-22-23(21-18)11-17(24)19-10-16-4-3-9-25-16/h5-8,13,16H,3-4,9-12H2,1-2H3,(H,19,24). The van der Waals surface area contributed by atoms with Crippen LogP contribution in [0.5, 0.6) is 5.75 Å². The van der Waals surface area contributed by atoms with Gasteiger partial charge in [-0.2, -0.15) is 4.80 Å². The van der Waals surface area contributed by atoms with Crippen LogP contribution in [0.15, 0.2) is 24.3 Å². The van der Waals surface area contributed by atoms with E-state index < -0.39 is 0 Å². The van der Waals surface area contributed by atoms with E-state index in [2.05, 4.69) is 34.6 Å². The second-order valence-corrected chi connectivity index (χ2v) is 6.81. The van der Waals surface area contributed by atoms with E-state index in [4.69, 9.17) is 9.47 Å². The zero-order valence-corrected chi connectivity index (χ0v) is 15.2. The monoisotopic (exact) mass is 359 g/mol. The minimum Gasteiger partial charge on any atom is -0.493 e. The zero-order valence-electron chi connectivity index (χ0n) is 15.2. The van der Waals surface area contributed by atoms with Crippen LogP contribution in [-0.2, 0) is 16.1 Å². The molecular formula is C18H25N5O3. The van der Waals surface area contributed by atoms with Gasteiger partial charge in [0, 0.05) is 18.7 Å². The summed E-state index contributed by atoms with van der Waals surface area (Å²) in [6, 6.07) is 7.53. The molecule has 1 fully saturated rings. The van der Waals surface area contributed by atoms with Gasteiger partial charge in [0.15, 0.2) is 0 Å². The molecule has 1 saturated heterocycles. The van der Waals surface area contributed by atoms with E-state index in [1.54, 1.807) is 0 Å². The number of carbonyl (C=O) groups is 1. The van der Waals surface area contributed by atoms with Gasteiger partial charge in [-0.3, -0.25) is 4.79 Å². The van der Waals surface area contributed by atoms with E-state index in [-0.39, 0.29) is 18.6 Å². The third kappa shape index (κ3) is 5.26. The minimum atomic E-state index is -0.151. The van der Waals surface area contributed by atoms with Gasteiger partial charge in [-0.1, -0.05) is 13.8 Å². The summed E-state index contributed by atoms with van der Waals surface area (Å²) < 4.78 is 11.1. The van der Waals surface area contributed by atoms with Crippen molar-refractivity contribution in [1.29, 1.82) is 0 Å². The summed E-state index contributed by atoms with van der Waals surface area (Å²) in [6.45, 7) is 6.22. The maximum atomic E-state index is 12.0. The van der Waals surface area contributed by atoms with Gasteiger partial charge < -0.3 is 14.8 Å². The molecule has 0 aliphatic carbocycles. The van der Waals surface area contributed by atoms with Crippen LogP contribution >= 0.6 is 0 Å². The van der Waals surface area contributed by atoms with Crippen molar-refractivity contribution in [3.63, 3.8) is 0 Å². The molecule has 1 aliphatic rings. The lowest BCUT2D eigenvalue weighted by atomic mass is 10.2. The minimum absolute atomic E-state index is 0.0370. The average molecular weight is 359 g/mol. The Morgan fingerprint density at radius 1 is 1.38 bits per heavy atom. The van der Waals surface area contributed by atoms with Gasteiger partial charge >= 0.3 is 0 Å². The van der Waals surface area contributed by atoms with Gasteiger partial charge in [0.05, 0.1) is 12.7 Å². The first-order valence-corrected chi connectivity index (χ1v) is 8.99. The highest BCUT2D eigenvalue weighted by Gasteiger charge is 2.16. The third-order valence-corrected chi connectivity index (χ3v) is 3.98. The predicted molar refractivity (Wildman–Crippen MR) is 95.6 cm³/mol. The first-order chi connectivity index (χ1) is 12.6. The number of hydrogen-bond donors (Lipinski definition) is 1. The van der Waals surface area contributed by atoms with Crippen molar-refractivity contribution < 1.29 is 14.3 Å². The summed E-state index contributed by atoms with van der Waals surface area (Å²) in [5, 5.41) is 15.1. The Hall–Kier alpha value is -2.48. The lowest BCUT2D eigenvalue weighted by Gasteiger charge is -2.10. The maximum absolute atomic E-state index is 12.0. The van der Waals surface area contributed by atoms with Crippen molar-refractivity contribution in [1.82, 2.24) is 25.5 Å². The molecule has 0 spiro atoms. The molecule has 1 aromatic carbocycles. The van der Waals surface area contributed by atoms with Crippen molar-refractivity contribution in [2.24, 2.45) is 5.92 Å². The Morgan fingerprint density at radius 3 is 2.88 bits per heavy atom. The number of amides is 1. The average Bonchev–Trinajstić information content (AvgIpc) is 3.30. The lowest BCUT2D eigenvalue weighted by molar-refractivity contribution is -0.122. The molecule has 1 aliphatic heterocycles. The van der Waals surface area contributed by atoms with Gasteiger partial charge in [-0.15, -0.1) is 10.2 Å². The quantitative estimate of drug-likeness (QED) is 0.771. The summed E-state index contributed by atoms with van der Waals surface area (Å²) in [6.07, 6.45) is 2.16. The number of tetrazole rings is 1. The molecule has 0 radical (unpaired) electrons. The Morgan fingerprint density at radius 2 is 2.19 bits per heavy atom. The van der Waals surface area contributed by atoms with E-state index >= 15 is 0 Å². The smallest absolute Gasteiger partial charge is 0.243 e. The first kappa shape index (κ1) is 18.3. The fourth-order valence-electron chi connectivity index (χ4n) is 2.61. The molecule has 1 N–H and O–H groups in total. The summed E-state index contributed by atoms with van der Waals surface area (Å²) in [4.78, 5) is 13.3. The van der Waals surface area contributed by atoms with Crippen LogP contribution < -0.4 is 10.1 Å². The fourth-order valence-corrected chi connectivity index (χ4v) is 2.61. The van der Waals surface area contributed by atoms with Crippen LogP contribution in [0.1, 0.15) is 26.7 Å². The van der Waals surface area contributed by atoms with Gasteiger partial charge in [0.1, 0.15) is 12.3 Å². The van der Waals surface area contributed by atoms with Crippen LogP contribution in [0, 0.1) is 5.92 Å². The topological polar surface area (TPSA) is 91.2 Å². The van der Waals surface area contributed by atoms with Crippen LogP contribution in [0.4, 0.5) is 0 Å². The van der Waals surface area contributed by atoms with Crippen LogP contribution in [0.25, 0.3) is 11.4 Å². The molecule has 2 aromatic rings. The first-order valence-electron chi connectivity index (χ1n) is 8.99. The van der Waals surface area contributed by atoms with Crippen molar-refractivity contribution in [2.75, 3.05) is 19.8 Å². The zero-order chi connectivity index (χ0) is 18.4. The highest BCUT2D eigenvalue weighted by Crippen LogP contribution is 2.19. The van der Waals surface area contributed by atoms with E-state index in [1.165, 1.54) is 4.80 Å². The van der Waals surface area contributed by atoms with Gasteiger partial charge in [-0.25, -0.2) is 0 Å². The summed E-state index contributed by atoms with van der Waals surface area (Å²) in [5.41, 5.74) is 0.827. The van der Waals surface area contributed by atoms with Crippen molar-refractivity contribution >= 4 is 5.91 Å². The Kier molecular flexibility index (Phi) is 6.17. The number of nitrogens with one attached hydrogen (secondary N) is 1. The molecule has 8 heteroatoms. The molecule has 2 heterocycles. The Bertz CT molecular complexity index is 708. The predicted octanol–water partition coefficient (Wildman–Crippen LogP) is 1.67. The molecule has 0 bridgehead atoms. The second kappa shape index (κ2) is 8.75. The molecule has 3 rings (SSSR count). The SMILES string of the molecule is CC(C)COc1ccc(-c2nnn(CC(=O)NCC3CCCO3)n2)cc1. The van der Waals surface area contributed by atoms with E-state index in [1.807, 2.05) is 24.3 Å². The van der Waals surface area contributed by atoms with Crippen molar-refractivity contribution in [2.45, 2.75) is 39.3 Å². The summed E-state index contributed by atoms with van der Waals surface area (Å²) >= 11 is 0. The van der Waals surface area contributed by atoms with Gasteiger partial charge in [-0.05, 0) is 48.2 Å². The molecule has 1 amide bonds. The number of ether oxygens (including phenoxy) is 2. The van der Waals surface area contributed by atoms with Crippen molar-refractivity contribution in [3.05, 3.63) is 24.3 Å². The highest BCUT2D eigenvalue weighted by molar-refractivity contribution is 5.75. The van der Waals surface area contributed by atoms with E-state index in [0.717, 1.165) is 30.8 Å². The largest absolute Gasteiger partial charge is 0.493 e. The number of hydrogen-bond acceptors (Lipinski definition) is 6. The summed E-state index contributed by atoms with van der Waals surface area (Å²) in [5.74, 6) is 1.61. The Labute approximate surface area is 152 Å². The Balaban J connectivity index is 1.51. The van der Waals surface area contributed by atoms with Crippen molar-refractivity contribution in [3.8, 4) is 17.1 Å². The van der Waals surface area contributed by atoms with Crippen LogP contribution in [0.3, 0.4) is 0 Å². The molecule has 1 unspecified atom stereocenters. The van der Waals surface area contributed by atoms with Crippen LogP contribution in [-0.4, -0.2) is 52.0 Å². The van der Waals surface area contributed by atoms with E-state index in [9.17, 15) is 4.79 Å².